The van der Waals surface area contributed by atoms with Crippen LogP contribution in [0.5, 0.6) is 5.75 Å². The third-order valence-electron chi connectivity index (χ3n) is 3.69. The molecule has 6 nitrogen and oxygen atoms in total. The molecule has 1 aliphatic rings. The number of hydrogen-bond donors (Lipinski definition) is 2. The monoisotopic (exact) mass is 287 g/mol. The normalized spacial score (nSPS) is 18.6. The van der Waals surface area contributed by atoms with Gasteiger partial charge >= 0.3 is 5.97 Å². The van der Waals surface area contributed by atoms with Gasteiger partial charge in [-0.25, -0.2) is 0 Å². The largest absolute Gasteiger partial charge is 0.492 e. The number of fused-ring (bicyclic) bond motifs is 1. The number of aliphatic carboxylic acids is 1. The SMILES string of the molecule is O=C(O)C1c2ccccc2OCCN1CCc1cn[nH]c1. The summed E-state index contributed by atoms with van der Waals surface area (Å²) in [7, 11) is 0. The number of ether oxygens (including phenoxy) is 1. The molecular formula is C15H17N3O3. The Hall–Kier alpha value is -2.34. The predicted octanol–water partition coefficient (Wildman–Crippen LogP) is 1.47. The first-order valence-electron chi connectivity index (χ1n) is 6.92. The summed E-state index contributed by atoms with van der Waals surface area (Å²) in [6.45, 7) is 1.73. The molecule has 0 radical (unpaired) electrons. The molecule has 0 spiro atoms. The first-order valence-corrected chi connectivity index (χ1v) is 6.92. The van der Waals surface area contributed by atoms with Crippen molar-refractivity contribution in [3.8, 4) is 5.75 Å². The van der Waals surface area contributed by atoms with Gasteiger partial charge in [-0.3, -0.25) is 14.8 Å². The molecule has 1 aromatic heterocycles. The van der Waals surface area contributed by atoms with Crippen molar-refractivity contribution in [1.82, 2.24) is 15.1 Å². The Morgan fingerprint density at radius 2 is 2.33 bits per heavy atom. The van der Waals surface area contributed by atoms with Crippen LogP contribution in [0.2, 0.25) is 0 Å². The van der Waals surface area contributed by atoms with Crippen molar-refractivity contribution in [2.24, 2.45) is 0 Å². The molecule has 2 heterocycles. The molecule has 0 bridgehead atoms. The minimum absolute atomic E-state index is 0.492. The Bertz CT molecular complexity index is 612. The van der Waals surface area contributed by atoms with Gasteiger partial charge < -0.3 is 9.84 Å². The van der Waals surface area contributed by atoms with Gasteiger partial charge in [0.1, 0.15) is 18.4 Å². The van der Waals surface area contributed by atoms with E-state index in [1.165, 1.54) is 0 Å². The fraction of sp³-hybridized carbons (Fsp3) is 0.333. The third-order valence-corrected chi connectivity index (χ3v) is 3.69. The van der Waals surface area contributed by atoms with E-state index in [0.717, 1.165) is 17.5 Å². The maximum atomic E-state index is 11.7. The van der Waals surface area contributed by atoms with Crippen LogP contribution < -0.4 is 4.74 Å². The first kappa shape index (κ1) is 13.6. The molecular weight excluding hydrogens is 270 g/mol. The van der Waals surface area contributed by atoms with Crippen molar-refractivity contribution in [2.75, 3.05) is 19.7 Å². The van der Waals surface area contributed by atoms with Gasteiger partial charge in [-0.2, -0.15) is 5.10 Å². The van der Waals surface area contributed by atoms with E-state index in [1.54, 1.807) is 6.20 Å². The van der Waals surface area contributed by atoms with Crippen LogP contribution in [0.4, 0.5) is 0 Å². The maximum Gasteiger partial charge on any atom is 0.325 e. The number of H-pyrrole nitrogens is 1. The lowest BCUT2D eigenvalue weighted by Gasteiger charge is -2.26. The molecule has 0 aliphatic carbocycles. The van der Waals surface area contributed by atoms with E-state index in [0.29, 0.717) is 25.4 Å². The van der Waals surface area contributed by atoms with E-state index in [2.05, 4.69) is 10.2 Å². The molecule has 0 fully saturated rings. The van der Waals surface area contributed by atoms with Crippen molar-refractivity contribution in [2.45, 2.75) is 12.5 Å². The molecule has 1 aromatic carbocycles. The summed E-state index contributed by atoms with van der Waals surface area (Å²) in [4.78, 5) is 13.7. The van der Waals surface area contributed by atoms with Crippen molar-refractivity contribution in [3.05, 3.63) is 47.8 Å². The van der Waals surface area contributed by atoms with E-state index in [4.69, 9.17) is 4.74 Å². The predicted molar refractivity (Wildman–Crippen MR) is 76.2 cm³/mol. The fourth-order valence-corrected chi connectivity index (χ4v) is 2.65. The Kier molecular flexibility index (Phi) is 3.87. The third kappa shape index (κ3) is 2.90. The van der Waals surface area contributed by atoms with Gasteiger partial charge in [0, 0.05) is 24.8 Å². The number of nitrogens with one attached hydrogen (secondary N) is 1. The summed E-state index contributed by atoms with van der Waals surface area (Å²) in [6.07, 6.45) is 4.35. The topological polar surface area (TPSA) is 78.5 Å². The van der Waals surface area contributed by atoms with Gasteiger partial charge in [-0.05, 0) is 18.1 Å². The molecule has 2 N–H and O–H groups in total. The van der Waals surface area contributed by atoms with Crippen LogP contribution in [0, 0.1) is 0 Å². The lowest BCUT2D eigenvalue weighted by Crippen LogP contribution is -2.36. The number of carboxylic acid groups (broad SMARTS) is 1. The molecule has 0 saturated heterocycles. The highest BCUT2D eigenvalue weighted by atomic mass is 16.5. The number of hydrogen-bond acceptors (Lipinski definition) is 4. The number of rotatable bonds is 4. The summed E-state index contributed by atoms with van der Waals surface area (Å²) in [5, 5.41) is 16.3. The first-order chi connectivity index (χ1) is 10.3. The Balaban J connectivity index is 1.83. The standard InChI is InChI=1S/C15H17N3O3/c19-15(20)14-12-3-1-2-4-13(12)21-8-7-18(14)6-5-11-9-16-17-10-11/h1-4,9-10,14H,5-8H2,(H,16,17)(H,19,20). The van der Waals surface area contributed by atoms with Crippen LogP contribution >= 0.6 is 0 Å². The molecule has 1 unspecified atom stereocenters. The highest BCUT2D eigenvalue weighted by molar-refractivity contribution is 5.76. The van der Waals surface area contributed by atoms with Gasteiger partial charge in [-0.1, -0.05) is 18.2 Å². The molecule has 0 amide bonds. The van der Waals surface area contributed by atoms with Crippen molar-refractivity contribution >= 4 is 5.97 Å². The molecule has 1 atom stereocenters. The van der Waals surface area contributed by atoms with Crippen LogP contribution in [0.15, 0.2) is 36.7 Å². The number of nitrogens with zero attached hydrogens (tertiary/aromatic N) is 2. The van der Waals surface area contributed by atoms with Crippen molar-refractivity contribution in [1.29, 1.82) is 0 Å². The number of aromatic nitrogens is 2. The zero-order chi connectivity index (χ0) is 14.7. The zero-order valence-corrected chi connectivity index (χ0v) is 11.5. The second-order valence-electron chi connectivity index (χ2n) is 5.02. The quantitative estimate of drug-likeness (QED) is 0.890. The number of benzene rings is 1. The number of carboxylic acids is 1. The van der Waals surface area contributed by atoms with E-state index >= 15 is 0 Å². The highest BCUT2D eigenvalue weighted by Crippen LogP contribution is 2.32. The Morgan fingerprint density at radius 1 is 1.48 bits per heavy atom. The van der Waals surface area contributed by atoms with E-state index in [9.17, 15) is 9.90 Å². The molecule has 21 heavy (non-hydrogen) atoms. The summed E-state index contributed by atoms with van der Waals surface area (Å²) in [5.74, 6) is -0.184. The lowest BCUT2D eigenvalue weighted by atomic mass is 10.0. The summed E-state index contributed by atoms with van der Waals surface area (Å²) >= 11 is 0. The smallest absolute Gasteiger partial charge is 0.325 e. The van der Waals surface area contributed by atoms with Crippen LogP contribution in [0.25, 0.3) is 0 Å². The zero-order valence-electron chi connectivity index (χ0n) is 11.5. The average molecular weight is 287 g/mol. The number of aromatic amines is 1. The second kappa shape index (κ2) is 5.97. The second-order valence-corrected chi connectivity index (χ2v) is 5.02. The molecule has 6 heteroatoms. The van der Waals surface area contributed by atoms with Gasteiger partial charge in [-0.15, -0.1) is 0 Å². The van der Waals surface area contributed by atoms with E-state index in [-0.39, 0.29) is 0 Å². The molecule has 110 valence electrons. The van der Waals surface area contributed by atoms with E-state index in [1.807, 2.05) is 35.4 Å². The molecule has 3 rings (SSSR count). The summed E-state index contributed by atoms with van der Waals surface area (Å²) < 4.78 is 5.67. The molecule has 0 saturated carbocycles. The van der Waals surface area contributed by atoms with Gasteiger partial charge in [0.2, 0.25) is 0 Å². The Labute approximate surface area is 122 Å². The van der Waals surface area contributed by atoms with Gasteiger partial charge in [0.05, 0.1) is 6.20 Å². The van der Waals surface area contributed by atoms with Gasteiger partial charge in [0.25, 0.3) is 0 Å². The van der Waals surface area contributed by atoms with Crippen LogP contribution in [0.1, 0.15) is 17.2 Å². The van der Waals surface area contributed by atoms with E-state index < -0.39 is 12.0 Å². The van der Waals surface area contributed by atoms with Crippen molar-refractivity contribution < 1.29 is 14.6 Å². The summed E-state index contributed by atoms with van der Waals surface area (Å²) in [6, 6.07) is 6.68. The van der Waals surface area contributed by atoms with Crippen LogP contribution in [-0.4, -0.2) is 45.9 Å². The lowest BCUT2D eigenvalue weighted by molar-refractivity contribution is -0.143. The highest BCUT2D eigenvalue weighted by Gasteiger charge is 2.31. The van der Waals surface area contributed by atoms with Crippen LogP contribution in [0.3, 0.4) is 0 Å². The summed E-state index contributed by atoms with van der Waals surface area (Å²) in [5.41, 5.74) is 1.78. The minimum Gasteiger partial charge on any atom is -0.492 e. The maximum absolute atomic E-state index is 11.7. The number of carbonyl (C=O) groups is 1. The molecule has 1 aliphatic heterocycles. The van der Waals surface area contributed by atoms with Crippen LogP contribution in [-0.2, 0) is 11.2 Å². The van der Waals surface area contributed by atoms with Gasteiger partial charge in [0.15, 0.2) is 0 Å². The fourth-order valence-electron chi connectivity index (χ4n) is 2.65. The average Bonchev–Trinajstić information content (AvgIpc) is 2.91. The molecule has 2 aromatic rings. The minimum atomic E-state index is -0.847. The number of para-hydroxylation sites is 1. The van der Waals surface area contributed by atoms with Crippen molar-refractivity contribution in [3.63, 3.8) is 0 Å². The Morgan fingerprint density at radius 3 is 3.10 bits per heavy atom.